The number of nitrogens with one attached hydrogen (secondary N) is 2. The summed E-state index contributed by atoms with van der Waals surface area (Å²) in [5.41, 5.74) is 3.17. The number of allylic oxidation sites excluding steroid dienone is 1. The number of amides is 2. The van der Waals surface area contributed by atoms with Gasteiger partial charge in [-0.3, -0.25) is 32.5 Å². The van der Waals surface area contributed by atoms with Gasteiger partial charge in [-0.05, 0) is 19.8 Å². The molecule has 0 saturated carbocycles. The summed E-state index contributed by atoms with van der Waals surface area (Å²) in [6.07, 6.45) is -1.33. The largest absolute Gasteiger partial charge is 0.481 e. The van der Waals surface area contributed by atoms with Gasteiger partial charge in [0, 0.05) is 37.1 Å². The van der Waals surface area contributed by atoms with Crippen LogP contribution in [0.4, 0.5) is 5.82 Å². The van der Waals surface area contributed by atoms with Crippen LogP contribution in [0.15, 0.2) is 24.8 Å². The number of nitrogens with zero attached hydrogens (tertiary/aromatic N) is 4. The van der Waals surface area contributed by atoms with Crippen molar-refractivity contribution in [2.75, 3.05) is 37.8 Å². The Bertz CT molecular complexity index is 1950. The van der Waals surface area contributed by atoms with E-state index in [4.69, 9.17) is 24.0 Å². The number of imidazole rings is 1. The summed E-state index contributed by atoms with van der Waals surface area (Å²) < 4.78 is 62.8. The Morgan fingerprint density at radius 3 is 2.41 bits per heavy atom. The summed E-state index contributed by atoms with van der Waals surface area (Å²) in [6.45, 7) is 7.73. The topological polar surface area (TPSA) is 364 Å². The van der Waals surface area contributed by atoms with Crippen LogP contribution in [0.2, 0.25) is 0 Å². The van der Waals surface area contributed by atoms with Crippen molar-refractivity contribution >= 4 is 69.1 Å². The number of aliphatic hydroxyl groups is 2. The number of nitrogens with two attached hydrogens (primary N) is 1. The molecular weight excluding hydrogens is 867 g/mol. The van der Waals surface area contributed by atoms with Crippen LogP contribution < -0.4 is 16.4 Å². The molecule has 2 amide bonds. The van der Waals surface area contributed by atoms with Crippen molar-refractivity contribution < 1.29 is 80.5 Å². The van der Waals surface area contributed by atoms with Crippen molar-refractivity contribution in [1.29, 1.82) is 0 Å². The highest BCUT2D eigenvalue weighted by Gasteiger charge is 2.57. The molecule has 59 heavy (non-hydrogen) atoms. The van der Waals surface area contributed by atoms with Crippen LogP contribution in [-0.4, -0.2) is 123 Å². The SMILES string of the molecule is C=C(CCCCC)CC(=O)SCCNC(=O)CCNC(=O)C(O)C(C)(C)COP(=O)(O)OP(=O)(O)OCC1OC(C)(n2cnc3c(N)ncnc32)C(O)C1OP(=O)(O)O. The Labute approximate surface area is 343 Å². The average molecular weight is 920 g/mol. The molecule has 7 unspecified atom stereocenters. The van der Waals surface area contributed by atoms with E-state index in [9.17, 15) is 57.9 Å². The van der Waals surface area contributed by atoms with Gasteiger partial charge in [0.05, 0.1) is 19.5 Å². The molecule has 1 aliphatic heterocycles. The smallest absolute Gasteiger partial charge is 0.385 e. The number of thioether (sulfide) groups is 1. The summed E-state index contributed by atoms with van der Waals surface area (Å²) >= 11 is 1.08. The summed E-state index contributed by atoms with van der Waals surface area (Å²) in [7, 11) is -16.5. The fourth-order valence-electron chi connectivity index (χ4n) is 5.58. The minimum Gasteiger partial charge on any atom is -0.385 e. The van der Waals surface area contributed by atoms with Crippen molar-refractivity contribution in [2.45, 2.75) is 96.4 Å². The fraction of sp³-hybridized carbons (Fsp3) is 0.677. The monoisotopic (exact) mass is 919 g/mol. The first-order valence-electron chi connectivity index (χ1n) is 18.1. The average Bonchev–Trinajstić information content (AvgIpc) is 3.67. The number of hydrogen-bond donors (Lipinski definition) is 9. The number of anilines is 1. The zero-order valence-electron chi connectivity index (χ0n) is 32.7. The molecule has 10 N–H and O–H groups in total. The van der Waals surface area contributed by atoms with Crippen LogP contribution >= 0.6 is 35.2 Å². The van der Waals surface area contributed by atoms with Crippen LogP contribution in [0, 0.1) is 5.41 Å². The van der Waals surface area contributed by atoms with E-state index in [0.29, 0.717) is 5.75 Å². The zero-order valence-corrected chi connectivity index (χ0v) is 36.2. The highest BCUT2D eigenvalue weighted by molar-refractivity contribution is 8.13. The lowest BCUT2D eigenvalue weighted by Crippen LogP contribution is -2.46. The van der Waals surface area contributed by atoms with Crippen molar-refractivity contribution in [3.8, 4) is 0 Å². The van der Waals surface area contributed by atoms with Gasteiger partial charge in [0.2, 0.25) is 11.8 Å². The first-order chi connectivity index (χ1) is 27.3. The van der Waals surface area contributed by atoms with Crippen LogP contribution in [-0.2, 0) is 56.4 Å². The molecule has 0 aromatic carbocycles. The molecule has 2 aromatic heterocycles. The van der Waals surface area contributed by atoms with Gasteiger partial charge in [-0.15, -0.1) is 0 Å². The van der Waals surface area contributed by atoms with E-state index in [-0.39, 0.29) is 48.0 Å². The van der Waals surface area contributed by atoms with Crippen LogP contribution in [0.25, 0.3) is 11.2 Å². The van der Waals surface area contributed by atoms with Gasteiger partial charge in [0.15, 0.2) is 22.3 Å². The van der Waals surface area contributed by atoms with E-state index >= 15 is 0 Å². The molecule has 24 nitrogen and oxygen atoms in total. The Balaban J connectivity index is 1.48. The van der Waals surface area contributed by atoms with Gasteiger partial charge in [-0.1, -0.05) is 57.5 Å². The number of rotatable bonds is 25. The molecule has 0 spiro atoms. The predicted molar refractivity (Wildman–Crippen MR) is 210 cm³/mol. The van der Waals surface area contributed by atoms with E-state index < -0.39 is 84.1 Å². The van der Waals surface area contributed by atoms with Gasteiger partial charge in [0.1, 0.15) is 36.3 Å². The number of carbonyl (C=O) groups is 3. The molecular formula is C31H52N7O17P3S. The number of hydrogen-bond acceptors (Lipinski definition) is 18. The third-order valence-corrected chi connectivity index (χ3v) is 12.8. The number of ether oxygens (including phenoxy) is 1. The van der Waals surface area contributed by atoms with Gasteiger partial charge in [-0.25, -0.2) is 28.6 Å². The molecule has 0 radical (unpaired) electrons. The van der Waals surface area contributed by atoms with Crippen molar-refractivity contribution in [1.82, 2.24) is 30.2 Å². The van der Waals surface area contributed by atoms with Crippen LogP contribution in [0.1, 0.15) is 66.2 Å². The fourth-order valence-corrected chi connectivity index (χ4v) is 9.13. The molecule has 28 heteroatoms. The predicted octanol–water partition coefficient (Wildman–Crippen LogP) is 1.37. The number of aromatic nitrogens is 4. The maximum atomic E-state index is 12.8. The maximum absolute atomic E-state index is 12.8. The number of nitrogen functional groups attached to an aromatic ring is 1. The summed E-state index contributed by atoms with van der Waals surface area (Å²) in [4.78, 5) is 88.3. The van der Waals surface area contributed by atoms with Crippen molar-refractivity contribution in [3.63, 3.8) is 0 Å². The number of phosphoric acid groups is 3. The highest BCUT2D eigenvalue weighted by atomic mass is 32.2. The van der Waals surface area contributed by atoms with Gasteiger partial charge in [0.25, 0.3) is 0 Å². The summed E-state index contributed by atoms with van der Waals surface area (Å²) in [6, 6.07) is 0. The Morgan fingerprint density at radius 2 is 1.75 bits per heavy atom. The quantitative estimate of drug-likeness (QED) is 0.0386. The minimum atomic E-state index is -5.59. The van der Waals surface area contributed by atoms with E-state index in [1.165, 1.54) is 20.8 Å². The maximum Gasteiger partial charge on any atom is 0.481 e. The molecule has 3 rings (SSSR count). The lowest BCUT2D eigenvalue weighted by molar-refractivity contribution is -0.137. The van der Waals surface area contributed by atoms with Crippen molar-refractivity contribution in [3.05, 3.63) is 24.8 Å². The van der Waals surface area contributed by atoms with Gasteiger partial charge >= 0.3 is 23.5 Å². The molecule has 334 valence electrons. The zero-order chi connectivity index (χ0) is 44.4. The lowest BCUT2D eigenvalue weighted by atomic mass is 9.87. The Kier molecular flexibility index (Phi) is 18.4. The summed E-state index contributed by atoms with van der Waals surface area (Å²) in [5, 5.41) is 26.7. The van der Waals surface area contributed by atoms with E-state index in [1.54, 1.807) is 0 Å². The van der Waals surface area contributed by atoms with Crippen molar-refractivity contribution in [2.24, 2.45) is 5.41 Å². The molecule has 1 saturated heterocycles. The van der Waals surface area contributed by atoms with E-state index in [1.807, 2.05) is 0 Å². The molecule has 2 aromatic rings. The first-order valence-corrected chi connectivity index (χ1v) is 23.6. The number of unbranched alkanes of at least 4 members (excludes halogenated alkanes) is 2. The second-order valence-electron chi connectivity index (χ2n) is 14.2. The normalized spacial score (nSPS) is 22.4. The van der Waals surface area contributed by atoms with Crippen LogP contribution in [0.5, 0.6) is 0 Å². The number of carbonyl (C=O) groups excluding carboxylic acids is 3. The highest BCUT2D eigenvalue weighted by Crippen LogP contribution is 2.61. The van der Waals surface area contributed by atoms with Gasteiger partial charge in [-0.2, -0.15) is 4.31 Å². The van der Waals surface area contributed by atoms with E-state index in [0.717, 1.165) is 60.2 Å². The molecule has 1 aliphatic rings. The molecule has 7 atom stereocenters. The number of phosphoric ester groups is 3. The minimum absolute atomic E-state index is 0.0189. The molecule has 0 bridgehead atoms. The molecule has 3 heterocycles. The second-order valence-corrected chi connectivity index (χ2v) is 19.6. The Morgan fingerprint density at radius 1 is 1.07 bits per heavy atom. The standard InChI is InChI=1S/C31H52N7O17P3S/c1-6-7-8-9-19(2)14-22(40)59-13-12-33-21(39)10-11-34-29(43)26(42)30(3,4)16-52-58(49,50)55-57(47,48)51-15-20-24(54-56(44,45)46)25(41)31(5,53-20)38-18-37-23-27(32)35-17-36-28(23)38/h17-18,20,24-26,41-42H,2,6-16H2,1,3-5H3,(H,33,39)(H,34,43)(H,47,48)(H,49,50)(H2,32,35,36)(H2,44,45,46). The van der Waals surface area contributed by atoms with Gasteiger partial charge < -0.3 is 50.9 Å². The Hall–Kier alpha value is -2.70. The molecule has 0 aliphatic carbocycles. The number of fused-ring (bicyclic) bond motifs is 1. The van der Waals surface area contributed by atoms with Crippen LogP contribution in [0.3, 0.4) is 0 Å². The molecule has 1 fully saturated rings. The first kappa shape index (κ1) is 50.7. The summed E-state index contributed by atoms with van der Waals surface area (Å²) in [5.74, 6) is -1.12. The third kappa shape index (κ3) is 15.3. The second kappa shape index (κ2) is 21.4. The third-order valence-electron chi connectivity index (χ3n) is 8.78. The lowest BCUT2D eigenvalue weighted by Gasteiger charge is -2.30. The van der Waals surface area contributed by atoms with E-state index in [2.05, 4.69) is 43.4 Å². The number of aliphatic hydroxyl groups excluding tert-OH is 2.